The number of piperidine rings is 1. The molecule has 8 heteroatoms. The third kappa shape index (κ3) is 4.35. The van der Waals surface area contributed by atoms with E-state index < -0.39 is 10.0 Å². The number of carbonyl (C=O) groups is 1. The van der Waals surface area contributed by atoms with E-state index in [4.69, 9.17) is 4.52 Å². The molecule has 0 N–H and O–H groups in total. The van der Waals surface area contributed by atoms with Gasteiger partial charge in [0.2, 0.25) is 15.9 Å². The van der Waals surface area contributed by atoms with Crippen LogP contribution in [0.5, 0.6) is 0 Å². The summed E-state index contributed by atoms with van der Waals surface area (Å²) in [5.74, 6) is 0.368. The minimum Gasteiger partial charge on any atom is -0.360 e. The predicted octanol–water partition coefficient (Wildman–Crippen LogP) is 3.49. The Morgan fingerprint density at radius 3 is 2.47 bits per heavy atom. The van der Waals surface area contributed by atoms with Crippen LogP contribution in [0.4, 0.5) is 0 Å². The van der Waals surface area contributed by atoms with Crippen LogP contribution >= 0.6 is 0 Å². The van der Waals surface area contributed by atoms with E-state index in [1.165, 1.54) is 15.4 Å². The number of rotatable bonds is 6. The van der Waals surface area contributed by atoms with Crippen molar-refractivity contribution < 1.29 is 17.7 Å². The average molecular weight is 460 g/mol. The van der Waals surface area contributed by atoms with Crippen molar-refractivity contribution >= 4 is 15.9 Å². The third-order valence-electron chi connectivity index (χ3n) is 6.88. The fourth-order valence-corrected chi connectivity index (χ4v) is 6.97. The summed E-state index contributed by atoms with van der Waals surface area (Å²) in [5.41, 5.74) is 3.12. The summed E-state index contributed by atoms with van der Waals surface area (Å²) in [5, 5.41) is 3.79. The highest BCUT2D eigenvalue weighted by atomic mass is 32.2. The molecule has 7 nitrogen and oxygen atoms in total. The largest absolute Gasteiger partial charge is 0.360 e. The summed E-state index contributed by atoms with van der Waals surface area (Å²) in [7, 11) is -3.66. The van der Waals surface area contributed by atoms with Gasteiger partial charge in [-0.3, -0.25) is 4.79 Å². The number of carbonyl (C=O) groups excluding carboxylic acids is 1. The monoisotopic (exact) mass is 459 g/mol. The fraction of sp³-hybridized carbons (Fsp3) is 0.583. The number of hydrogen-bond acceptors (Lipinski definition) is 5. The van der Waals surface area contributed by atoms with Crippen LogP contribution in [0.2, 0.25) is 0 Å². The van der Waals surface area contributed by atoms with Gasteiger partial charge in [0, 0.05) is 31.6 Å². The lowest BCUT2D eigenvalue weighted by molar-refractivity contribution is -0.139. The van der Waals surface area contributed by atoms with E-state index in [0.29, 0.717) is 37.4 Å². The van der Waals surface area contributed by atoms with Crippen LogP contribution in [0.3, 0.4) is 0 Å². The first kappa shape index (κ1) is 23.0. The van der Waals surface area contributed by atoms with Crippen molar-refractivity contribution in [1.82, 2.24) is 14.4 Å². The van der Waals surface area contributed by atoms with Crippen molar-refractivity contribution in [3.8, 4) is 0 Å². The van der Waals surface area contributed by atoms with Gasteiger partial charge in [0.15, 0.2) is 5.76 Å². The van der Waals surface area contributed by atoms with Gasteiger partial charge in [0.1, 0.15) is 10.6 Å². The Morgan fingerprint density at radius 1 is 1.16 bits per heavy atom. The van der Waals surface area contributed by atoms with Crippen molar-refractivity contribution in [3.05, 3.63) is 46.8 Å². The summed E-state index contributed by atoms with van der Waals surface area (Å²) in [6.07, 6.45) is 4.91. The average Bonchev–Trinajstić information content (AvgIpc) is 3.15. The second-order valence-electron chi connectivity index (χ2n) is 9.03. The molecule has 4 rings (SSSR count). The lowest BCUT2D eigenvalue weighted by atomic mass is 9.86. The van der Waals surface area contributed by atoms with Crippen molar-refractivity contribution in [1.29, 1.82) is 0 Å². The van der Waals surface area contributed by atoms with E-state index in [1.54, 1.807) is 13.8 Å². The van der Waals surface area contributed by atoms with Gasteiger partial charge in [-0.05, 0) is 63.5 Å². The maximum Gasteiger partial charge on any atom is 0.248 e. The van der Waals surface area contributed by atoms with E-state index in [2.05, 4.69) is 41.2 Å². The van der Waals surface area contributed by atoms with Gasteiger partial charge in [0.05, 0.1) is 0 Å². The molecule has 174 valence electrons. The number of hydrogen-bond donors (Lipinski definition) is 0. The Labute approximate surface area is 190 Å². The van der Waals surface area contributed by atoms with Crippen molar-refractivity contribution in [2.75, 3.05) is 19.6 Å². The quantitative estimate of drug-likeness (QED) is 0.660. The molecule has 1 unspecified atom stereocenters. The SMILES string of the molecule is CCCN(C(=O)C1CCN(S(=O)(=O)c2c(C)noc2C)CC1)C1CCc2ccccc2C1. The van der Waals surface area contributed by atoms with Crippen LogP contribution in [0.1, 0.15) is 55.2 Å². The number of aryl methyl sites for hydroxylation is 3. The molecule has 0 radical (unpaired) electrons. The highest BCUT2D eigenvalue weighted by Crippen LogP contribution is 2.31. The van der Waals surface area contributed by atoms with E-state index in [-0.39, 0.29) is 22.8 Å². The van der Waals surface area contributed by atoms with Crippen LogP contribution in [0.25, 0.3) is 0 Å². The molecule has 1 amide bonds. The molecule has 2 heterocycles. The summed E-state index contributed by atoms with van der Waals surface area (Å²) >= 11 is 0. The smallest absolute Gasteiger partial charge is 0.248 e. The lowest BCUT2D eigenvalue weighted by Gasteiger charge is -2.39. The van der Waals surface area contributed by atoms with Crippen LogP contribution in [-0.2, 0) is 27.7 Å². The van der Waals surface area contributed by atoms with Crippen molar-refractivity contribution in [3.63, 3.8) is 0 Å². The Bertz CT molecular complexity index is 1050. The fourth-order valence-electron chi connectivity index (χ4n) is 5.21. The van der Waals surface area contributed by atoms with E-state index in [1.807, 2.05) is 0 Å². The van der Waals surface area contributed by atoms with E-state index in [0.717, 1.165) is 32.2 Å². The first-order chi connectivity index (χ1) is 15.3. The zero-order valence-corrected chi connectivity index (χ0v) is 20.0. The molecule has 1 aliphatic carbocycles. The Hall–Kier alpha value is -2.19. The highest BCUT2D eigenvalue weighted by Gasteiger charge is 2.38. The molecule has 2 aliphatic rings. The van der Waals surface area contributed by atoms with Crippen LogP contribution < -0.4 is 0 Å². The first-order valence-electron chi connectivity index (χ1n) is 11.6. The summed E-state index contributed by atoms with van der Waals surface area (Å²) in [6, 6.07) is 8.74. The van der Waals surface area contributed by atoms with Crippen LogP contribution in [-0.4, -0.2) is 54.4 Å². The molecule has 1 aromatic carbocycles. The van der Waals surface area contributed by atoms with Gasteiger partial charge >= 0.3 is 0 Å². The van der Waals surface area contributed by atoms with Gasteiger partial charge < -0.3 is 9.42 Å². The Morgan fingerprint density at radius 2 is 1.84 bits per heavy atom. The summed E-state index contributed by atoms with van der Waals surface area (Å²) in [6.45, 7) is 6.81. The van der Waals surface area contributed by atoms with Gasteiger partial charge in [-0.2, -0.15) is 4.31 Å². The molecule has 0 bridgehead atoms. The Kier molecular flexibility index (Phi) is 6.72. The molecule has 1 atom stereocenters. The van der Waals surface area contributed by atoms with Gasteiger partial charge in [-0.15, -0.1) is 0 Å². The van der Waals surface area contributed by atoms with Crippen LogP contribution in [0, 0.1) is 19.8 Å². The molecule has 2 aromatic rings. The second-order valence-corrected chi connectivity index (χ2v) is 10.9. The molecular formula is C24H33N3O4S. The van der Waals surface area contributed by atoms with Gasteiger partial charge in [0.25, 0.3) is 0 Å². The standard InChI is InChI=1S/C24H33N3O4S/c1-4-13-27(22-10-9-19-7-5-6-8-21(19)16-22)24(28)20-11-14-26(15-12-20)32(29,30)23-17(2)25-31-18(23)3/h5-8,20,22H,4,9-16H2,1-3H3. The van der Waals surface area contributed by atoms with E-state index in [9.17, 15) is 13.2 Å². The maximum atomic E-state index is 13.5. The van der Waals surface area contributed by atoms with E-state index >= 15 is 0 Å². The number of amides is 1. The predicted molar refractivity (Wildman–Crippen MR) is 122 cm³/mol. The summed E-state index contributed by atoms with van der Waals surface area (Å²) < 4.78 is 32.7. The topological polar surface area (TPSA) is 83.7 Å². The number of fused-ring (bicyclic) bond motifs is 1. The number of aromatic nitrogens is 1. The van der Waals surface area contributed by atoms with Gasteiger partial charge in [-0.25, -0.2) is 8.42 Å². The molecule has 1 aromatic heterocycles. The molecule has 1 fully saturated rings. The van der Waals surface area contributed by atoms with Crippen LogP contribution in [0.15, 0.2) is 33.7 Å². The molecule has 1 saturated heterocycles. The number of sulfonamides is 1. The molecular weight excluding hydrogens is 426 g/mol. The molecule has 0 saturated carbocycles. The lowest BCUT2D eigenvalue weighted by Crippen LogP contribution is -2.49. The molecule has 1 aliphatic heterocycles. The zero-order chi connectivity index (χ0) is 22.9. The van der Waals surface area contributed by atoms with Crippen molar-refractivity contribution in [2.45, 2.75) is 70.2 Å². The molecule has 32 heavy (non-hydrogen) atoms. The number of benzene rings is 1. The second kappa shape index (κ2) is 9.35. The zero-order valence-electron chi connectivity index (χ0n) is 19.2. The number of nitrogens with zero attached hydrogens (tertiary/aromatic N) is 3. The van der Waals surface area contributed by atoms with Gasteiger partial charge in [-0.1, -0.05) is 36.3 Å². The minimum atomic E-state index is -3.66. The van der Waals surface area contributed by atoms with Crippen molar-refractivity contribution in [2.24, 2.45) is 5.92 Å². The first-order valence-corrected chi connectivity index (χ1v) is 13.1. The third-order valence-corrected chi connectivity index (χ3v) is 9.02. The highest BCUT2D eigenvalue weighted by molar-refractivity contribution is 7.89. The summed E-state index contributed by atoms with van der Waals surface area (Å²) in [4.78, 5) is 15.8. The molecule has 0 spiro atoms. The maximum absolute atomic E-state index is 13.5. The minimum absolute atomic E-state index is 0.130. The Balaban J connectivity index is 1.43. The normalized spacial score (nSPS) is 20.2.